The minimum atomic E-state index is -1.05. The normalized spacial score (nSPS) is 10.2. The summed E-state index contributed by atoms with van der Waals surface area (Å²) >= 11 is 5.96. The Morgan fingerprint density at radius 3 is 2.89 bits per heavy atom. The predicted octanol–water partition coefficient (Wildman–Crippen LogP) is 2.75. The molecular formula is C13H12ClN3O2. The molecule has 0 aliphatic heterocycles. The van der Waals surface area contributed by atoms with Crippen LogP contribution in [0.4, 0.5) is 5.82 Å². The SMILES string of the molecule is Cc1cccc(CNc2ncc(C(=O)O)cc2Cl)n1. The topological polar surface area (TPSA) is 75.1 Å². The number of nitrogens with zero attached hydrogens (tertiary/aromatic N) is 2. The Kier molecular flexibility index (Phi) is 3.97. The number of carbonyl (C=O) groups is 1. The number of halogens is 1. The molecule has 5 nitrogen and oxygen atoms in total. The summed E-state index contributed by atoms with van der Waals surface area (Å²) in [6.07, 6.45) is 1.26. The molecule has 0 atom stereocenters. The summed E-state index contributed by atoms with van der Waals surface area (Å²) in [5, 5.41) is 12.1. The zero-order valence-electron chi connectivity index (χ0n) is 10.2. The lowest BCUT2D eigenvalue weighted by atomic mass is 10.3. The molecule has 0 fully saturated rings. The summed E-state index contributed by atoms with van der Waals surface area (Å²) in [6.45, 7) is 2.39. The van der Waals surface area contributed by atoms with Gasteiger partial charge < -0.3 is 10.4 Å². The molecule has 0 saturated heterocycles. The number of aryl methyl sites for hydroxylation is 1. The summed E-state index contributed by atoms with van der Waals surface area (Å²) in [7, 11) is 0. The number of hydrogen-bond acceptors (Lipinski definition) is 4. The van der Waals surface area contributed by atoms with Gasteiger partial charge >= 0.3 is 5.97 Å². The minimum Gasteiger partial charge on any atom is -0.478 e. The summed E-state index contributed by atoms with van der Waals surface area (Å²) in [6, 6.07) is 7.08. The molecule has 2 rings (SSSR count). The molecule has 0 aliphatic rings. The highest BCUT2D eigenvalue weighted by Gasteiger charge is 2.08. The molecule has 19 heavy (non-hydrogen) atoms. The molecule has 0 saturated carbocycles. The van der Waals surface area contributed by atoms with Crippen LogP contribution in [0, 0.1) is 6.92 Å². The third-order valence-electron chi connectivity index (χ3n) is 2.47. The Hall–Kier alpha value is -2.14. The van der Waals surface area contributed by atoms with E-state index < -0.39 is 5.97 Å². The Bertz CT molecular complexity index is 617. The van der Waals surface area contributed by atoms with Gasteiger partial charge in [-0.2, -0.15) is 0 Å². The second kappa shape index (κ2) is 5.67. The average molecular weight is 278 g/mol. The van der Waals surface area contributed by atoms with Gasteiger partial charge in [0.05, 0.1) is 22.8 Å². The molecule has 98 valence electrons. The average Bonchev–Trinajstić information content (AvgIpc) is 2.37. The number of carboxylic acids is 1. The lowest BCUT2D eigenvalue weighted by Gasteiger charge is -2.07. The Morgan fingerprint density at radius 1 is 1.47 bits per heavy atom. The summed E-state index contributed by atoms with van der Waals surface area (Å²) in [5.41, 5.74) is 1.85. The molecule has 2 heterocycles. The Balaban J connectivity index is 2.10. The van der Waals surface area contributed by atoms with Crippen LogP contribution in [0.2, 0.25) is 5.02 Å². The molecule has 0 aliphatic carbocycles. The first-order valence-corrected chi connectivity index (χ1v) is 5.99. The third-order valence-corrected chi connectivity index (χ3v) is 2.76. The van der Waals surface area contributed by atoms with Crippen molar-refractivity contribution in [2.45, 2.75) is 13.5 Å². The summed E-state index contributed by atoms with van der Waals surface area (Å²) in [4.78, 5) is 19.1. The smallest absolute Gasteiger partial charge is 0.337 e. The molecule has 2 aromatic rings. The van der Waals surface area contributed by atoms with Crippen molar-refractivity contribution >= 4 is 23.4 Å². The largest absolute Gasteiger partial charge is 0.478 e. The fraction of sp³-hybridized carbons (Fsp3) is 0.154. The molecule has 0 unspecified atom stereocenters. The van der Waals surface area contributed by atoms with Crippen LogP contribution in [0.15, 0.2) is 30.5 Å². The van der Waals surface area contributed by atoms with Gasteiger partial charge in [0.15, 0.2) is 0 Å². The predicted molar refractivity (Wildman–Crippen MR) is 72.5 cm³/mol. The number of rotatable bonds is 4. The van der Waals surface area contributed by atoms with Crippen molar-refractivity contribution in [3.8, 4) is 0 Å². The molecule has 0 bridgehead atoms. The molecule has 0 spiro atoms. The number of aromatic nitrogens is 2. The number of pyridine rings is 2. The quantitative estimate of drug-likeness (QED) is 0.899. The zero-order valence-corrected chi connectivity index (χ0v) is 11.0. The van der Waals surface area contributed by atoms with Gasteiger partial charge in [-0.3, -0.25) is 4.98 Å². The van der Waals surface area contributed by atoms with Gasteiger partial charge in [0.2, 0.25) is 0 Å². The second-order valence-corrected chi connectivity index (χ2v) is 4.39. The van der Waals surface area contributed by atoms with Crippen molar-refractivity contribution in [1.29, 1.82) is 0 Å². The van der Waals surface area contributed by atoms with Gasteiger partial charge in [-0.25, -0.2) is 9.78 Å². The Labute approximate surface area is 115 Å². The fourth-order valence-electron chi connectivity index (χ4n) is 1.56. The standard InChI is InChI=1S/C13H12ClN3O2/c1-8-3-2-4-10(17-8)7-16-12-11(14)5-9(6-15-12)13(18)19/h2-6H,7H2,1H3,(H,15,16)(H,18,19). The lowest BCUT2D eigenvalue weighted by molar-refractivity contribution is 0.0696. The van der Waals surface area contributed by atoms with Crippen molar-refractivity contribution in [2.24, 2.45) is 0 Å². The van der Waals surface area contributed by atoms with E-state index in [1.807, 2.05) is 25.1 Å². The van der Waals surface area contributed by atoms with Gasteiger partial charge in [0.1, 0.15) is 5.82 Å². The van der Waals surface area contributed by atoms with Crippen LogP contribution in [-0.4, -0.2) is 21.0 Å². The number of carboxylic acid groups (broad SMARTS) is 1. The van der Waals surface area contributed by atoms with Crippen LogP contribution in [0.3, 0.4) is 0 Å². The molecule has 0 radical (unpaired) electrons. The molecule has 0 aromatic carbocycles. The van der Waals surface area contributed by atoms with E-state index in [4.69, 9.17) is 16.7 Å². The van der Waals surface area contributed by atoms with E-state index in [1.165, 1.54) is 12.3 Å². The highest BCUT2D eigenvalue weighted by molar-refractivity contribution is 6.33. The Morgan fingerprint density at radius 2 is 2.26 bits per heavy atom. The van der Waals surface area contributed by atoms with Crippen molar-refractivity contribution in [3.05, 3.63) is 52.4 Å². The first-order chi connectivity index (χ1) is 9.06. The zero-order chi connectivity index (χ0) is 13.8. The third kappa shape index (κ3) is 3.42. The van der Waals surface area contributed by atoms with Crippen molar-refractivity contribution < 1.29 is 9.90 Å². The van der Waals surface area contributed by atoms with E-state index in [9.17, 15) is 4.79 Å². The fourth-order valence-corrected chi connectivity index (χ4v) is 1.79. The monoisotopic (exact) mass is 277 g/mol. The van der Waals surface area contributed by atoms with Gasteiger partial charge in [-0.15, -0.1) is 0 Å². The van der Waals surface area contributed by atoms with Crippen LogP contribution < -0.4 is 5.32 Å². The van der Waals surface area contributed by atoms with Crippen LogP contribution in [0.1, 0.15) is 21.7 Å². The van der Waals surface area contributed by atoms with E-state index in [1.54, 1.807) is 0 Å². The minimum absolute atomic E-state index is 0.0595. The van der Waals surface area contributed by atoms with Crippen LogP contribution in [-0.2, 0) is 6.54 Å². The van der Waals surface area contributed by atoms with E-state index in [2.05, 4.69) is 15.3 Å². The van der Waals surface area contributed by atoms with Crippen LogP contribution >= 0.6 is 11.6 Å². The highest BCUT2D eigenvalue weighted by Crippen LogP contribution is 2.20. The van der Waals surface area contributed by atoms with Crippen LogP contribution in [0.5, 0.6) is 0 Å². The number of anilines is 1. The number of nitrogens with one attached hydrogen (secondary N) is 1. The van der Waals surface area contributed by atoms with E-state index in [0.29, 0.717) is 12.4 Å². The van der Waals surface area contributed by atoms with Gasteiger partial charge in [0.25, 0.3) is 0 Å². The first-order valence-electron chi connectivity index (χ1n) is 5.61. The van der Waals surface area contributed by atoms with Gasteiger partial charge in [-0.05, 0) is 25.1 Å². The maximum atomic E-state index is 10.8. The number of hydrogen-bond donors (Lipinski definition) is 2. The first kappa shape index (κ1) is 13.3. The molecule has 0 amide bonds. The summed E-state index contributed by atoms with van der Waals surface area (Å²) in [5.74, 6) is -0.615. The van der Waals surface area contributed by atoms with Crippen molar-refractivity contribution in [2.75, 3.05) is 5.32 Å². The molecular weight excluding hydrogens is 266 g/mol. The van der Waals surface area contributed by atoms with E-state index in [0.717, 1.165) is 11.4 Å². The molecule has 2 N–H and O–H groups in total. The maximum absolute atomic E-state index is 10.8. The molecule has 2 aromatic heterocycles. The van der Waals surface area contributed by atoms with E-state index in [-0.39, 0.29) is 10.6 Å². The summed E-state index contributed by atoms with van der Waals surface area (Å²) < 4.78 is 0. The van der Waals surface area contributed by atoms with E-state index >= 15 is 0 Å². The van der Waals surface area contributed by atoms with Gasteiger partial charge in [0, 0.05) is 11.9 Å². The van der Waals surface area contributed by atoms with Crippen molar-refractivity contribution in [1.82, 2.24) is 9.97 Å². The number of aromatic carboxylic acids is 1. The van der Waals surface area contributed by atoms with Gasteiger partial charge in [-0.1, -0.05) is 17.7 Å². The van der Waals surface area contributed by atoms with Crippen molar-refractivity contribution in [3.63, 3.8) is 0 Å². The maximum Gasteiger partial charge on any atom is 0.337 e. The second-order valence-electron chi connectivity index (χ2n) is 3.98. The highest BCUT2D eigenvalue weighted by atomic mass is 35.5. The molecule has 6 heteroatoms. The lowest BCUT2D eigenvalue weighted by Crippen LogP contribution is -2.05. The van der Waals surface area contributed by atoms with Crippen LogP contribution in [0.25, 0.3) is 0 Å².